The van der Waals surface area contributed by atoms with Gasteiger partial charge in [0.05, 0.1) is 18.5 Å². The summed E-state index contributed by atoms with van der Waals surface area (Å²) in [5.74, 6) is 0.0885. The van der Waals surface area contributed by atoms with Crippen molar-refractivity contribution in [3.63, 3.8) is 0 Å². The molecule has 4 nitrogen and oxygen atoms in total. The summed E-state index contributed by atoms with van der Waals surface area (Å²) in [5, 5.41) is 0. The molecule has 2 aliphatic rings. The largest absolute Gasteiger partial charge is 0.465 e. The minimum absolute atomic E-state index is 0.0263. The van der Waals surface area contributed by atoms with Crippen molar-refractivity contribution < 1.29 is 22.4 Å². The van der Waals surface area contributed by atoms with Crippen LogP contribution in [0, 0.1) is 12.8 Å². The van der Waals surface area contributed by atoms with Gasteiger partial charge in [-0.2, -0.15) is 13.2 Å². The molecule has 1 aromatic rings. The number of alkyl halides is 3. The van der Waals surface area contributed by atoms with E-state index in [2.05, 4.69) is 4.90 Å². The van der Waals surface area contributed by atoms with Gasteiger partial charge in [-0.3, -0.25) is 9.69 Å². The van der Waals surface area contributed by atoms with Crippen LogP contribution in [0.25, 0.3) is 0 Å². The van der Waals surface area contributed by atoms with E-state index in [1.54, 1.807) is 0 Å². The molecule has 1 amide bonds. The molecule has 2 fully saturated rings. The van der Waals surface area contributed by atoms with E-state index in [1.165, 1.54) is 4.90 Å². The highest BCUT2D eigenvalue weighted by molar-refractivity contribution is 5.78. The Hall–Kier alpha value is -1.50. The van der Waals surface area contributed by atoms with E-state index in [9.17, 15) is 18.0 Å². The van der Waals surface area contributed by atoms with E-state index in [4.69, 9.17) is 4.42 Å². The smallest absolute Gasteiger partial charge is 0.393 e. The molecule has 3 heterocycles. The molecule has 146 valence electrons. The molecule has 0 aliphatic carbocycles. The molecule has 0 spiro atoms. The van der Waals surface area contributed by atoms with Crippen molar-refractivity contribution in [2.45, 2.75) is 57.7 Å². The lowest BCUT2D eigenvalue weighted by Gasteiger charge is -2.36. The third-order valence-corrected chi connectivity index (χ3v) is 5.53. The lowest BCUT2D eigenvalue weighted by atomic mass is 9.97. The van der Waals surface area contributed by atoms with Crippen LogP contribution in [0.4, 0.5) is 13.2 Å². The van der Waals surface area contributed by atoms with Gasteiger partial charge in [-0.25, -0.2) is 0 Å². The van der Waals surface area contributed by atoms with Gasteiger partial charge in [-0.05, 0) is 51.3 Å². The number of rotatable bonds is 3. The molecular weight excluding hydrogens is 345 g/mol. The van der Waals surface area contributed by atoms with E-state index in [1.807, 2.05) is 19.1 Å². The number of piperidine rings is 1. The summed E-state index contributed by atoms with van der Waals surface area (Å²) in [4.78, 5) is 16.2. The maximum atomic E-state index is 13.0. The van der Waals surface area contributed by atoms with Crippen LogP contribution in [0.2, 0.25) is 0 Å². The van der Waals surface area contributed by atoms with Crippen LogP contribution < -0.4 is 0 Å². The lowest BCUT2D eigenvalue weighted by Crippen LogP contribution is -2.48. The Morgan fingerprint density at radius 3 is 2.65 bits per heavy atom. The van der Waals surface area contributed by atoms with Gasteiger partial charge in [0.15, 0.2) is 0 Å². The minimum atomic E-state index is -4.23. The first-order valence-corrected chi connectivity index (χ1v) is 9.49. The second-order valence-corrected chi connectivity index (χ2v) is 7.50. The summed E-state index contributed by atoms with van der Waals surface area (Å²) in [6.45, 7) is 3.03. The zero-order chi connectivity index (χ0) is 18.7. The van der Waals surface area contributed by atoms with Gasteiger partial charge in [0, 0.05) is 13.1 Å². The maximum absolute atomic E-state index is 13.0. The highest BCUT2D eigenvalue weighted by Crippen LogP contribution is 2.34. The van der Waals surface area contributed by atoms with Gasteiger partial charge < -0.3 is 9.32 Å². The zero-order valence-corrected chi connectivity index (χ0v) is 15.2. The molecule has 1 aromatic heterocycles. The fourth-order valence-electron chi connectivity index (χ4n) is 4.06. The third kappa shape index (κ3) is 4.61. The van der Waals surface area contributed by atoms with Gasteiger partial charge in [0.1, 0.15) is 11.5 Å². The predicted molar refractivity (Wildman–Crippen MR) is 91.6 cm³/mol. The van der Waals surface area contributed by atoms with Crippen molar-refractivity contribution in [1.29, 1.82) is 0 Å². The van der Waals surface area contributed by atoms with Gasteiger partial charge in [0.2, 0.25) is 5.91 Å². The number of hydrogen-bond acceptors (Lipinski definition) is 3. The number of aryl methyl sites for hydroxylation is 1. The fraction of sp³-hybridized carbons (Fsp3) is 0.737. The maximum Gasteiger partial charge on any atom is 0.393 e. The molecule has 7 heteroatoms. The fourth-order valence-corrected chi connectivity index (χ4v) is 4.06. The average molecular weight is 372 g/mol. The normalized spacial score (nSPS) is 25.9. The molecule has 0 saturated carbocycles. The van der Waals surface area contributed by atoms with Gasteiger partial charge in [0.25, 0.3) is 0 Å². The molecule has 3 rings (SSSR count). The topological polar surface area (TPSA) is 36.7 Å². The highest BCUT2D eigenvalue weighted by atomic mass is 19.4. The number of likely N-dealkylation sites (tertiary alicyclic amines) is 2. The van der Waals surface area contributed by atoms with Crippen LogP contribution in [-0.4, -0.2) is 48.1 Å². The number of hydrogen-bond donors (Lipinski definition) is 0. The second-order valence-electron chi connectivity index (χ2n) is 7.50. The van der Waals surface area contributed by atoms with E-state index in [0.717, 1.165) is 43.7 Å². The van der Waals surface area contributed by atoms with Crippen molar-refractivity contribution in [2.24, 2.45) is 5.92 Å². The van der Waals surface area contributed by atoms with Crippen LogP contribution >= 0.6 is 0 Å². The first kappa shape index (κ1) is 19.3. The van der Waals surface area contributed by atoms with Gasteiger partial charge in [-0.15, -0.1) is 0 Å². The highest BCUT2D eigenvalue weighted by Gasteiger charge is 2.43. The number of carbonyl (C=O) groups is 1. The molecule has 0 N–H and O–H groups in total. The Labute approximate surface area is 152 Å². The van der Waals surface area contributed by atoms with E-state index >= 15 is 0 Å². The van der Waals surface area contributed by atoms with Crippen LogP contribution in [0.5, 0.6) is 0 Å². The zero-order valence-electron chi connectivity index (χ0n) is 15.2. The Morgan fingerprint density at radius 2 is 1.96 bits per heavy atom. The summed E-state index contributed by atoms with van der Waals surface area (Å²) < 4.78 is 44.8. The summed E-state index contributed by atoms with van der Waals surface area (Å²) >= 11 is 0. The number of amides is 1. The first-order valence-electron chi connectivity index (χ1n) is 9.49. The monoisotopic (exact) mass is 372 g/mol. The summed E-state index contributed by atoms with van der Waals surface area (Å²) in [6, 6.07) is 3.89. The molecule has 2 aliphatic heterocycles. The Kier molecular flexibility index (Phi) is 5.95. The van der Waals surface area contributed by atoms with E-state index in [-0.39, 0.29) is 31.5 Å². The first-order chi connectivity index (χ1) is 12.3. The second kappa shape index (κ2) is 8.03. The van der Waals surface area contributed by atoms with E-state index in [0.29, 0.717) is 13.0 Å². The Bertz CT molecular complexity index is 614. The molecule has 0 bridgehead atoms. The molecule has 0 radical (unpaired) electrons. The summed E-state index contributed by atoms with van der Waals surface area (Å²) in [5.41, 5.74) is 0. The number of nitrogens with zero attached hydrogens (tertiary/aromatic N) is 2. The van der Waals surface area contributed by atoms with Crippen molar-refractivity contribution in [3.05, 3.63) is 23.7 Å². The number of furan rings is 1. The molecule has 2 saturated heterocycles. The van der Waals surface area contributed by atoms with Crippen LogP contribution in [-0.2, 0) is 4.79 Å². The number of halogens is 3. The summed E-state index contributed by atoms with van der Waals surface area (Å²) in [7, 11) is 0. The molecule has 0 unspecified atom stereocenters. The summed E-state index contributed by atoms with van der Waals surface area (Å²) in [6.07, 6.45) is 0.369. The SMILES string of the molecule is Cc1ccc([C@@H]2CCCCCN2CC(=O)N2CCC[C@H](C(F)(F)F)C2)o1. The quantitative estimate of drug-likeness (QED) is 0.794. The number of carbonyl (C=O) groups excluding carboxylic acids is 1. The van der Waals surface area contributed by atoms with Crippen LogP contribution in [0.15, 0.2) is 16.5 Å². The van der Waals surface area contributed by atoms with E-state index < -0.39 is 12.1 Å². The molecular formula is C19H27F3N2O2. The van der Waals surface area contributed by atoms with Crippen molar-refractivity contribution in [1.82, 2.24) is 9.80 Å². The van der Waals surface area contributed by atoms with Crippen molar-refractivity contribution in [3.8, 4) is 0 Å². The van der Waals surface area contributed by atoms with Gasteiger partial charge >= 0.3 is 6.18 Å². The molecule has 2 atom stereocenters. The minimum Gasteiger partial charge on any atom is -0.465 e. The lowest BCUT2D eigenvalue weighted by molar-refractivity contribution is -0.188. The molecule has 26 heavy (non-hydrogen) atoms. The standard InChI is InChI=1S/C19H27F3N2O2/c1-14-8-9-17(26-14)16-7-3-2-4-10-23(16)13-18(25)24-11-5-6-15(12-24)19(20,21)22/h8-9,15-16H,2-7,10-13H2,1H3/t15-,16-/m0/s1. The van der Waals surface area contributed by atoms with Crippen LogP contribution in [0.3, 0.4) is 0 Å². The van der Waals surface area contributed by atoms with Crippen molar-refractivity contribution >= 4 is 5.91 Å². The predicted octanol–water partition coefficient (Wildman–Crippen LogP) is 4.31. The third-order valence-electron chi connectivity index (χ3n) is 5.53. The Balaban J connectivity index is 1.67. The van der Waals surface area contributed by atoms with Gasteiger partial charge in [-0.1, -0.05) is 12.8 Å². The van der Waals surface area contributed by atoms with Crippen molar-refractivity contribution in [2.75, 3.05) is 26.2 Å². The molecule has 0 aromatic carbocycles. The Morgan fingerprint density at radius 1 is 1.15 bits per heavy atom. The average Bonchev–Trinajstić information content (AvgIpc) is 2.89. The van der Waals surface area contributed by atoms with Crippen LogP contribution in [0.1, 0.15) is 56.1 Å².